The summed E-state index contributed by atoms with van der Waals surface area (Å²) in [4.78, 5) is 0. The maximum Gasteiger partial charge on any atom is 0.279 e. The van der Waals surface area contributed by atoms with Gasteiger partial charge in [-0.2, -0.15) is 17.4 Å². The van der Waals surface area contributed by atoms with Crippen LogP contribution in [0.4, 0.5) is 0 Å². The molecule has 0 aromatic heterocycles. The zero-order valence-corrected chi connectivity index (χ0v) is 14.3. The molecule has 1 unspecified atom stereocenters. The van der Waals surface area contributed by atoms with E-state index in [2.05, 4.69) is 17.0 Å². The van der Waals surface area contributed by atoms with Gasteiger partial charge in [0.25, 0.3) is 10.2 Å². The van der Waals surface area contributed by atoms with Crippen LogP contribution in [0.3, 0.4) is 0 Å². The van der Waals surface area contributed by atoms with Gasteiger partial charge in [0.1, 0.15) is 0 Å². The molecule has 6 heteroatoms. The summed E-state index contributed by atoms with van der Waals surface area (Å²) >= 11 is 0. The lowest BCUT2D eigenvalue weighted by Gasteiger charge is -2.36. The van der Waals surface area contributed by atoms with E-state index in [0.29, 0.717) is 6.54 Å². The third-order valence-corrected chi connectivity index (χ3v) is 6.79. The van der Waals surface area contributed by atoms with Crippen molar-refractivity contribution < 1.29 is 8.42 Å². The third kappa shape index (κ3) is 4.65. The fourth-order valence-corrected chi connectivity index (χ4v) is 5.43. The smallest absolute Gasteiger partial charge is 0.279 e. The van der Waals surface area contributed by atoms with E-state index >= 15 is 0 Å². The van der Waals surface area contributed by atoms with Crippen LogP contribution >= 0.6 is 0 Å². The summed E-state index contributed by atoms with van der Waals surface area (Å²) in [5.41, 5.74) is 0. The SMILES string of the molecule is CCC1CCC(NS(=O)(=O)N2CCCCC2CNC)CC1. The van der Waals surface area contributed by atoms with Crippen LogP contribution in [0.25, 0.3) is 0 Å². The van der Waals surface area contributed by atoms with Crippen molar-refractivity contribution in [2.24, 2.45) is 5.92 Å². The van der Waals surface area contributed by atoms with Crippen LogP contribution in [-0.4, -0.2) is 44.9 Å². The molecule has 1 aliphatic carbocycles. The fourth-order valence-electron chi connectivity index (χ4n) is 3.70. The monoisotopic (exact) mass is 317 g/mol. The van der Waals surface area contributed by atoms with E-state index in [1.807, 2.05) is 7.05 Å². The van der Waals surface area contributed by atoms with Crippen LogP contribution in [-0.2, 0) is 10.2 Å². The second-order valence-corrected chi connectivity index (χ2v) is 8.22. The lowest BCUT2D eigenvalue weighted by Crippen LogP contribution is -2.54. The Bertz CT molecular complexity index is 403. The summed E-state index contributed by atoms with van der Waals surface area (Å²) in [7, 11) is -1.45. The topological polar surface area (TPSA) is 61.4 Å². The molecule has 0 bridgehead atoms. The van der Waals surface area contributed by atoms with Crippen molar-refractivity contribution in [1.82, 2.24) is 14.3 Å². The van der Waals surface area contributed by atoms with Gasteiger partial charge in [-0.1, -0.05) is 19.8 Å². The predicted molar refractivity (Wildman–Crippen MR) is 86.4 cm³/mol. The molecule has 0 amide bonds. The van der Waals surface area contributed by atoms with E-state index in [-0.39, 0.29) is 12.1 Å². The molecule has 1 heterocycles. The number of piperidine rings is 1. The maximum absolute atomic E-state index is 12.7. The summed E-state index contributed by atoms with van der Waals surface area (Å²) < 4.78 is 30.0. The average molecular weight is 317 g/mol. The van der Waals surface area contributed by atoms with Gasteiger partial charge in [0.2, 0.25) is 0 Å². The van der Waals surface area contributed by atoms with Crippen LogP contribution in [0.5, 0.6) is 0 Å². The molecule has 0 radical (unpaired) electrons. The number of nitrogens with one attached hydrogen (secondary N) is 2. The molecule has 5 nitrogen and oxygen atoms in total. The van der Waals surface area contributed by atoms with Crippen molar-refractivity contribution in [3.63, 3.8) is 0 Å². The first-order valence-corrected chi connectivity index (χ1v) is 9.94. The standard InChI is InChI=1S/C15H31N3O2S/c1-3-13-7-9-14(10-8-13)17-21(19,20)18-11-5-4-6-15(18)12-16-2/h13-17H,3-12H2,1-2H3. The highest BCUT2D eigenvalue weighted by atomic mass is 32.2. The minimum atomic E-state index is -3.34. The molecule has 124 valence electrons. The summed E-state index contributed by atoms with van der Waals surface area (Å²) in [6.07, 6.45) is 8.57. The number of nitrogens with zero attached hydrogens (tertiary/aromatic N) is 1. The molecule has 2 N–H and O–H groups in total. The molecule has 2 rings (SSSR count). The number of hydrogen-bond acceptors (Lipinski definition) is 3. The molecule has 0 aromatic rings. The Kier molecular flexibility index (Phi) is 6.47. The van der Waals surface area contributed by atoms with E-state index in [1.54, 1.807) is 4.31 Å². The Morgan fingerprint density at radius 2 is 1.81 bits per heavy atom. The van der Waals surface area contributed by atoms with Crippen molar-refractivity contribution in [2.75, 3.05) is 20.1 Å². The minimum Gasteiger partial charge on any atom is -0.318 e. The highest BCUT2D eigenvalue weighted by Crippen LogP contribution is 2.28. The first-order chi connectivity index (χ1) is 10.1. The summed E-state index contributed by atoms with van der Waals surface area (Å²) in [5.74, 6) is 0.790. The van der Waals surface area contributed by atoms with E-state index < -0.39 is 10.2 Å². The quantitative estimate of drug-likeness (QED) is 0.786. The van der Waals surface area contributed by atoms with Gasteiger partial charge in [-0.3, -0.25) is 0 Å². The van der Waals surface area contributed by atoms with Crippen LogP contribution in [0, 0.1) is 5.92 Å². The second kappa shape index (κ2) is 7.90. The van der Waals surface area contributed by atoms with E-state index in [9.17, 15) is 8.42 Å². The molecule has 21 heavy (non-hydrogen) atoms. The van der Waals surface area contributed by atoms with Gasteiger partial charge in [0.05, 0.1) is 0 Å². The van der Waals surface area contributed by atoms with Crippen LogP contribution in [0.2, 0.25) is 0 Å². The molecule has 0 aromatic carbocycles. The number of hydrogen-bond donors (Lipinski definition) is 2. The summed E-state index contributed by atoms with van der Waals surface area (Å²) in [5, 5.41) is 3.12. The molecule has 1 atom stereocenters. The van der Waals surface area contributed by atoms with Gasteiger partial charge in [0, 0.05) is 25.2 Å². The maximum atomic E-state index is 12.7. The Morgan fingerprint density at radius 3 is 2.43 bits per heavy atom. The Labute approximate surface area is 130 Å². The number of rotatable bonds is 6. The zero-order valence-electron chi connectivity index (χ0n) is 13.5. The first-order valence-electron chi connectivity index (χ1n) is 8.50. The Balaban J connectivity index is 1.94. The van der Waals surface area contributed by atoms with E-state index in [1.165, 1.54) is 6.42 Å². The van der Waals surface area contributed by atoms with Gasteiger partial charge in [-0.15, -0.1) is 0 Å². The van der Waals surface area contributed by atoms with Crippen LogP contribution in [0.1, 0.15) is 58.3 Å². The number of likely N-dealkylation sites (N-methyl/N-ethyl adjacent to an activating group) is 1. The summed E-state index contributed by atoms with van der Waals surface area (Å²) in [6.45, 7) is 3.63. The van der Waals surface area contributed by atoms with Gasteiger partial charge in [0.15, 0.2) is 0 Å². The molecular formula is C15H31N3O2S. The second-order valence-electron chi connectivity index (χ2n) is 6.57. The normalized spacial score (nSPS) is 32.2. The van der Waals surface area contributed by atoms with Gasteiger partial charge < -0.3 is 5.32 Å². The average Bonchev–Trinajstić information content (AvgIpc) is 2.48. The lowest BCUT2D eigenvalue weighted by molar-refractivity contribution is 0.239. The van der Waals surface area contributed by atoms with Gasteiger partial charge >= 0.3 is 0 Å². The van der Waals surface area contributed by atoms with E-state index in [4.69, 9.17) is 0 Å². The first kappa shape index (κ1) is 17.2. The highest BCUT2D eigenvalue weighted by Gasteiger charge is 2.34. The molecule has 2 fully saturated rings. The van der Waals surface area contributed by atoms with Crippen molar-refractivity contribution in [2.45, 2.75) is 70.4 Å². The largest absolute Gasteiger partial charge is 0.318 e. The Hall–Kier alpha value is -0.170. The lowest BCUT2D eigenvalue weighted by atomic mass is 9.85. The van der Waals surface area contributed by atoms with Crippen LogP contribution < -0.4 is 10.0 Å². The van der Waals surface area contributed by atoms with Gasteiger partial charge in [-0.25, -0.2) is 0 Å². The summed E-state index contributed by atoms with van der Waals surface area (Å²) in [6, 6.07) is 0.239. The van der Waals surface area contributed by atoms with Crippen molar-refractivity contribution in [1.29, 1.82) is 0 Å². The van der Waals surface area contributed by atoms with Crippen molar-refractivity contribution >= 4 is 10.2 Å². The van der Waals surface area contributed by atoms with E-state index in [0.717, 1.165) is 57.4 Å². The molecule has 2 aliphatic rings. The molecule has 1 saturated carbocycles. The minimum absolute atomic E-state index is 0.105. The van der Waals surface area contributed by atoms with Crippen molar-refractivity contribution in [3.05, 3.63) is 0 Å². The fraction of sp³-hybridized carbons (Fsp3) is 1.00. The molecule has 1 aliphatic heterocycles. The molecule has 1 saturated heterocycles. The Morgan fingerprint density at radius 1 is 1.10 bits per heavy atom. The third-order valence-electron chi connectivity index (χ3n) is 5.06. The van der Waals surface area contributed by atoms with Crippen molar-refractivity contribution in [3.8, 4) is 0 Å². The predicted octanol–water partition coefficient (Wildman–Crippen LogP) is 1.86. The van der Waals surface area contributed by atoms with Gasteiger partial charge in [-0.05, 0) is 51.5 Å². The zero-order chi connectivity index (χ0) is 15.3. The van der Waals surface area contributed by atoms with Crippen LogP contribution in [0.15, 0.2) is 0 Å². The highest BCUT2D eigenvalue weighted by molar-refractivity contribution is 7.87. The molecule has 0 spiro atoms. The molecular weight excluding hydrogens is 286 g/mol.